The van der Waals surface area contributed by atoms with E-state index in [0.717, 1.165) is 31.4 Å². The molecule has 0 spiro atoms. The lowest BCUT2D eigenvalue weighted by Gasteiger charge is -2.15. The molecule has 1 aliphatic carbocycles. The maximum atomic E-state index is 12.3. The highest BCUT2D eigenvalue weighted by atomic mass is 16.6. The van der Waals surface area contributed by atoms with Crippen LogP contribution in [0.3, 0.4) is 0 Å². The fraction of sp³-hybridized carbons (Fsp3) is 0.250. The number of amides is 1. The number of carbonyl (C=O) groups is 1. The Hall–Kier alpha value is -3.57. The molecule has 0 radical (unpaired) electrons. The van der Waals surface area contributed by atoms with Crippen LogP contribution in [0.2, 0.25) is 0 Å². The third kappa shape index (κ3) is 4.64. The lowest BCUT2D eigenvalue weighted by atomic mass is 10.1. The van der Waals surface area contributed by atoms with Crippen molar-refractivity contribution in [2.45, 2.75) is 31.8 Å². The van der Waals surface area contributed by atoms with E-state index in [4.69, 9.17) is 4.74 Å². The van der Waals surface area contributed by atoms with Crippen molar-refractivity contribution < 1.29 is 9.53 Å². The van der Waals surface area contributed by atoms with Gasteiger partial charge in [0.25, 0.3) is 0 Å². The molecule has 1 unspecified atom stereocenters. The molecule has 1 heterocycles. The van der Waals surface area contributed by atoms with Gasteiger partial charge in [0.05, 0.1) is 0 Å². The molecule has 5 nitrogen and oxygen atoms in total. The fourth-order valence-electron chi connectivity index (χ4n) is 4.86. The molecule has 0 bridgehead atoms. The number of aryl methyl sites for hydroxylation is 2. The summed E-state index contributed by atoms with van der Waals surface area (Å²) >= 11 is 0. The van der Waals surface area contributed by atoms with Crippen LogP contribution in [0.5, 0.6) is 5.75 Å². The number of hydrogen-bond acceptors (Lipinski definition) is 3. The summed E-state index contributed by atoms with van der Waals surface area (Å²) < 4.78 is 7.87. The summed E-state index contributed by atoms with van der Waals surface area (Å²) in [6.07, 6.45) is 2.70. The average molecular weight is 440 g/mol. The van der Waals surface area contributed by atoms with E-state index in [0.29, 0.717) is 18.3 Å². The molecule has 0 aliphatic heterocycles. The fourth-order valence-corrected chi connectivity index (χ4v) is 4.86. The van der Waals surface area contributed by atoms with Gasteiger partial charge in [0.1, 0.15) is 5.75 Å². The Labute approximate surface area is 194 Å². The van der Waals surface area contributed by atoms with Crippen molar-refractivity contribution in [2.75, 3.05) is 6.54 Å². The van der Waals surface area contributed by atoms with E-state index in [1.165, 1.54) is 27.7 Å². The maximum absolute atomic E-state index is 12.3. The molecule has 168 valence electrons. The molecule has 5 heteroatoms. The zero-order valence-electron chi connectivity index (χ0n) is 18.9. The molecule has 1 aliphatic rings. The van der Waals surface area contributed by atoms with Crippen molar-refractivity contribution in [1.29, 1.82) is 0 Å². The van der Waals surface area contributed by atoms with E-state index >= 15 is 0 Å². The highest BCUT2D eigenvalue weighted by Crippen LogP contribution is 2.39. The molecule has 4 aromatic rings. The molecule has 2 N–H and O–H groups in total. The number of carbonyl (C=O) groups excluding carboxylic acids is 1. The third-order valence-corrected chi connectivity index (χ3v) is 6.48. The van der Waals surface area contributed by atoms with Gasteiger partial charge in [0.15, 0.2) is 0 Å². The highest BCUT2D eigenvalue weighted by Gasteiger charge is 2.28. The second-order valence-corrected chi connectivity index (χ2v) is 8.61. The summed E-state index contributed by atoms with van der Waals surface area (Å²) in [4.78, 5) is 12.3. The molecule has 1 atom stereocenters. The van der Waals surface area contributed by atoms with E-state index in [2.05, 4.69) is 58.6 Å². The number of benzene rings is 3. The van der Waals surface area contributed by atoms with Crippen molar-refractivity contribution in [3.63, 3.8) is 0 Å². The SMILES string of the molecule is Cn1c2c(c3cc(OC(=O)NCc4ccccc4)ccc31)CCC2NCCc1ccccc1. The first-order valence-electron chi connectivity index (χ1n) is 11.6. The predicted molar refractivity (Wildman–Crippen MR) is 131 cm³/mol. The number of hydrogen-bond donors (Lipinski definition) is 2. The lowest BCUT2D eigenvalue weighted by Crippen LogP contribution is -2.26. The van der Waals surface area contributed by atoms with Crippen LogP contribution in [0.25, 0.3) is 10.9 Å². The van der Waals surface area contributed by atoms with Crippen molar-refractivity contribution >= 4 is 17.0 Å². The normalized spacial score (nSPS) is 14.9. The molecular weight excluding hydrogens is 410 g/mol. The standard InChI is InChI=1S/C28H29N3O2/c1-31-26-15-12-22(33-28(32)30-19-21-10-6-3-7-11-21)18-24(26)23-13-14-25(27(23)31)29-17-16-20-8-4-2-5-9-20/h2-12,15,18,25,29H,13-14,16-17,19H2,1H3,(H,30,32). The Bertz CT molecular complexity index is 1250. The Morgan fingerprint density at radius 2 is 1.73 bits per heavy atom. The van der Waals surface area contributed by atoms with Crippen LogP contribution < -0.4 is 15.4 Å². The van der Waals surface area contributed by atoms with Crippen LogP contribution in [-0.4, -0.2) is 17.2 Å². The van der Waals surface area contributed by atoms with Gasteiger partial charge in [-0.2, -0.15) is 0 Å². The van der Waals surface area contributed by atoms with Crippen LogP contribution in [-0.2, 0) is 26.4 Å². The Morgan fingerprint density at radius 1 is 1.00 bits per heavy atom. The number of fused-ring (bicyclic) bond motifs is 3. The van der Waals surface area contributed by atoms with E-state index in [1.807, 2.05) is 42.5 Å². The number of ether oxygens (including phenoxy) is 1. The molecule has 0 fully saturated rings. The first-order chi connectivity index (χ1) is 16.2. The molecule has 33 heavy (non-hydrogen) atoms. The van der Waals surface area contributed by atoms with Crippen LogP contribution in [0, 0.1) is 0 Å². The molecule has 0 saturated heterocycles. The van der Waals surface area contributed by atoms with Crippen molar-refractivity contribution in [2.24, 2.45) is 7.05 Å². The lowest BCUT2D eigenvalue weighted by molar-refractivity contribution is 0.200. The Balaban J connectivity index is 1.26. The van der Waals surface area contributed by atoms with Crippen LogP contribution in [0.15, 0.2) is 78.9 Å². The predicted octanol–water partition coefficient (Wildman–Crippen LogP) is 5.29. The number of aromatic nitrogens is 1. The van der Waals surface area contributed by atoms with Gasteiger partial charge < -0.3 is 19.9 Å². The minimum atomic E-state index is -0.439. The summed E-state index contributed by atoms with van der Waals surface area (Å²) in [6, 6.07) is 26.7. The van der Waals surface area contributed by atoms with Crippen molar-refractivity contribution in [3.05, 3.63) is 101 Å². The second-order valence-electron chi connectivity index (χ2n) is 8.61. The van der Waals surface area contributed by atoms with Crippen molar-refractivity contribution in [1.82, 2.24) is 15.2 Å². The van der Waals surface area contributed by atoms with Gasteiger partial charge >= 0.3 is 6.09 Å². The molecule has 3 aromatic carbocycles. The van der Waals surface area contributed by atoms with E-state index < -0.39 is 6.09 Å². The number of rotatable bonds is 7. The first kappa shape index (κ1) is 21.3. The zero-order valence-corrected chi connectivity index (χ0v) is 18.9. The third-order valence-electron chi connectivity index (χ3n) is 6.48. The summed E-state index contributed by atoms with van der Waals surface area (Å²) in [5.41, 5.74) is 6.28. The van der Waals surface area contributed by atoms with Crippen LogP contribution in [0.1, 0.15) is 34.8 Å². The van der Waals surface area contributed by atoms with Gasteiger partial charge in [-0.1, -0.05) is 60.7 Å². The van der Waals surface area contributed by atoms with Gasteiger partial charge in [-0.3, -0.25) is 0 Å². The summed E-state index contributed by atoms with van der Waals surface area (Å²) in [7, 11) is 2.13. The van der Waals surface area contributed by atoms with Crippen LogP contribution >= 0.6 is 0 Å². The van der Waals surface area contributed by atoms with Crippen molar-refractivity contribution in [3.8, 4) is 5.75 Å². The minimum absolute atomic E-state index is 0.347. The minimum Gasteiger partial charge on any atom is -0.410 e. The molecule has 1 aromatic heterocycles. The number of nitrogens with zero attached hydrogens (tertiary/aromatic N) is 1. The second kappa shape index (κ2) is 9.51. The van der Waals surface area contributed by atoms with Gasteiger partial charge in [-0.25, -0.2) is 4.79 Å². The highest BCUT2D eigenvalue weighted by molar-refractivity contribution is 5.88. The maximum Gasteiger partial charge on any atom is 0.412 e. The largest absolute Gasteiger partial charge is 0.412 e. The zero-order chi connectivity index (χ0) is 22.6. The van der Waals surface area contributed by atoms with Gasteiger partial charge in [-0.05, 0) is 60.7 Å². The molecule has 0 saturated carbocycles. The topological polar surface area (TPSA) is 55.3 Å². The smallest absolute Gasteiger partial charge is 0.410 e. The van der Waals surface area contributed by atoms with E-state index in [-0.39, 0.29) is 0 Å². The quantitative estimate of drug-likeness (QED) is 0.412. The molecule has 1 amide bonds. The molecule has 5 rings (SSSR count). The van der Waals surface area contributed by atoms with Gasteiger partial charge in [0.2, 0.25) is 0 Å². The number of nitrogens with one attached hydrogen (secondary N) is 2. The summed E-state index contributed by atoms with van der Waals surface area (Å²) in [5.74, 6) is 0.571. The first-order valence-corrected chi connectivity index (χ1v) is 11.6. The van der Waals surface area contributed by atoms with Crippen LogP contribution in [0.4, 0.5) is 4.79 Å². The Morgan fingerprint density at radius 3 is 2.48 bits per heavy atom. The summed E-state index contributed by atoms with van der Waals surface area (Å²) in [6.45, 7) is 1.39. The van der Waals surface area contributed by atoms with E-state index in [1.54, 1.807) is 0 Å². The van der Waals surface area contributed by atoms with Gasteiger partial charge in [0, 0.05) is 36.2 Å². The monoisotopic (exact) mass is 439 g/mol. The average Bonchev–Trinajstić information content (AvgIpc) is 3.38. The molecular formula is C28H29N3O2. The van der Waals surface area contributed by atoms with Gasteiger partial charge in [-0.15, -0.1) is 0 Å². The van der Waals surface area contributed by atoms with E-state index in [9.17, 15) is 4.79 Å². The Kier molecular flexibility index (Phi) is 6.13. The summed E-state index contributed by atoms with van der Waals surface area (Å²) in [5, 5.41) is 7.75.